The summed E-state index contributed by atoms with van der Waals surface area (Å²) in [5.74, 6) is 0.621. The van der Waals surface area contributed by atoms with Crippen LogP contribution in [0, 0.1) is 23.7 Å². The number of amides is 2. The largest absolute Gasteiger partial charge is 0.492 e. The van der Waals surface area contributed by atoms with Gasteiger partial charge in [-0.05, 0) is 37.3 Å². The monoisotopic (exact) mass is 283 g/mol. The average Bonchev–Trinajstić information content (AvgIpc) is 3.15. The first-order valence-electron chi connectivity index (χ1n) is 7.50. The average molecular weight is 283 g/mol. The van der Waals surface area contributed by atoms with Crippen molar-refractivity contribution in [3.05, 3.63) is 36.4 Å². The summed E-state index contributed by atoms with van der Waals surface area (Å²) in [7, 11) is 0. The highest BCUT2D eigenvalue weighted by atomic mass is 16.5. The molecule has 2 bridgehead atoms. The Morgan fingerprint density at radius 1 is 1.10 bits per heavy atom. The van der Waals surface area contributed by atoms with Crippen LogP contribution in [-0.2, 0) is 9.59 Å². The lowest BCUT2D eigenvalue weighted by atomic mass is 9.85. The molecule has 0 N–H and O–H groups in total. The fourth-order valence-electron chi connectivity index (χ4n) is 4.06. The molecule has 4 nitrogen and oxygen atoms in total. The second-order valence-electron chi connectivity index (χ2n) is 5.91. The lowest BCUT2D eigenvalue weighted by Gasteiger charge is -2.20. The third-order valence-electron chi connectivity index (χ3n) is 4.88. The van der Waals surface area contributed by atoms with Gasteiger partial charge in [0.15, 0.2) is 0 Å². The molecule has 3 aliphatic rings. The molecule has 0 aromatic heterocycles. The minimum atomic E-state index is -0.165. The van der Waals surface area contributed by atoms with Gasteiger partial charge in [-0.25, -0.2) is 4.90 Å². The zero-order valence-electron chi connectivity index (χ0n) is 11.9. The van der Waals surface area contributed by atoms with Crippen LogP contribution in [0.25, 0.3) is 0 Å². The van der Waals surface area contributed by atoms with Crippen molar-refractivity contribution in [2.24, 2.45) is 23.7 Å². The number of nitrogens with zero attached hydrogens (tertiary/aromatic N) is 1. The molecular formula is C17H17NO3. The van der Waals surface area contributed by atoms with Gasteiger partial charge < -0.3 is 4.74 Å². The molecule has 1 aliphatic heterocycles. The molecule has 1 saturated heterocycles. The highest BCUT2D eigenvalue weighted by Crippen LogP contribution is 2.53. The first-order valence-corrected chi connectivity index (χ1v) is 7.50. The zero-order valence-corrected chi connectivity index (χ0v) is 11.9. The van der Waals surface area contributed by atoms with E-state index in [1.54, 1.807) is 12.1 Å². The first-order chi connectivity index (χ1) is 10.2. The maximum absolute atomic E-state index is 12.8. The van der Waals surface area contributed by atoms with Crippen molar-refractivity contribution < 1.29 is 14.3 Å². The Bertz CT molecular complexity index is 621. The molecule has 1 heterocycles. The van der Waals surface area contributed by atoms with E-state index in [4.69, 9.17) is 4.74 Å². The molecule has 2 amide bonds. The third kappa shape index (κ3) is 1.62. The number of para-hydroxylation sites is 2. The van der Waals surface area contributed by atoms with Crippen molar-refractivity contribution in [1.29, 1.82) is 0 Å². The number of ether oxygens (including phenoxy) is 1. The molecule has 0 radical (unpaired) electrons. The Kier molecular flexibility index (Phi) is 2.67. The van der Waals surface area contributed by atoms with Gasteiger partial charge in [0, 0.05) is 0 Å². The molecule has 2 aliphatic carbocycles. The Balaban J connectivity index is 1.75. The Morgan fingerprint density at radius 2 is 1.71 bits per heavy atom. The van der Waals surface area contributed by atoms with Crippen LogP contribution in [0.1, 0.15) is 13.3 Å². The predicted octanol–water partition coefficient (Wildman–Crippen LogP) is 2.40. The fraction of sp³-hybridized carbons (Fsp3) is 0.412. The van der Waals surface area contributed by atoms with Crippen LogP contribution in [0.2, 0.25) is 0 Å². The quantitative estimate of drug-likeness (QED) is 0.632. The smallest absolute Gasteiger partial charge is 0.238 e. The maximum atomic E-state index is 12.8. The van der Waals surface area contributed by atoms with Crippen LogP contribution in [0.15, 0.2) is 36.4 Å². The van der Waals surface area contributed by atoms with Gasteiger partial charge in [0.25, 0.3) is 0 Å². The maximum Gasteiger partial charge on any atom is 0.238 e. The van der Waals surface area contributed by atoms with Gasteiger partial charge in [-0.3, -0.25) is 9.59 Å². The molecular weight excluding hydrogens is 266 g/mol. The Morgan fingerprint density at radius 3 is 2.33 bits per heavy atom. The van der Waals surface area contributed by atoms with E-state index in [1.165, 1.54) is 4.90 Å². The summed E-state index contributed by atoms with van der Waals surface area (Å²) in [5.41, 5.74) is 0.586. The highest BCUT2D eigenvalue weighted by Gasteiger charge is 2.59. The molecule has 4 atom stereocenters. The standard InChI is InChI=1S/C17H17NO3/c1-2-21-13-6-4-3-5-12(13)18-16(19)14-10-7-8-11(9-10)15(14)17(18)20/h3-8,10-11,14-15H,2,9H2,1H3/t10-,11-,14-,15-/m0/s1. The van der Waals surface area contributed by atoms with Crippen molar-refractivity contribution in [3.63, 3.8) is 0 Å². The van der Waals surface area contributed by atoms with Crippen LogP contribution < -0.4 is 9.64 Å². The molecule has 0 spiro atoms. The fourth-order valence-corrected chi connectivity index (χ4v) is 4.06. The van der Waals surface area contributed by atoms with Gasteiger partial charge in [-0.2, -0.15) is 0 Å². The van der Waals surface area contributed by atoms with E-state index >= 15 is 0 Å². The summed E-state index contributed by atoms with van der Waals surface area (Å²) in [4.78, 5) is 26.9. The summed E-state index contributed by atoms with van der Waals surface area (Å²) in [5, 5.41) is 0. The van der Waals surface area contributed by atoms with Gasteiger partial charge >= 0.3 is 0 Å². The van der Waals surface area contributed by atoms with E-state index in [9.17, 15) is 9.59 Å². The number of imide groups is 1. The molecule has 108 valence electrons. The second-order valence-corrected chi connectivity index (χ2v) is 5.91. The van der Waals surface area contributed by atoms with Crippen molar-refractivity contribution in [2.75, 3.05) is 11.5 Å². The number of fused-ring (bicyclic) bond motifs is 5. The van der Waals surface area contributed by atoms with E-state index in [1.807, 2.05) is 19.1 Å². The van der Waals surface area contributed by atoms with Crippen LogP contribution in [0.4, 0.5) is 5.69 Å². The van der Waals surface area contributed by atoms with Gasteiger partial charge in [-0.15, -0.1) is 0 Å². The number of hydrogen-bond donors (Lipinski definition) is 0. The van der Waals surface area contributed by atoms with Crippen LogP contribution in [-0.4, -0.2) is 18.4 Å². The Labute approximate surface area is 123 Å². The van der Waals surface area contributed by atoms with Crippen molar-refractivity contribution in [1.82, 2.24) is 0 Å². The zero-order chi connectivity index (χ0) is 14.6. The van der Waals surface area contributed by atoms with Crippen LogP contribution >= 0.6 is 0 Å². The Hall–Kier alpha value is -2.10. The normalized spacial score (nSPS) is 32.9. The van der Waals surface area contributed by atoms with Crippen molar-refractivity contribution >= 4 is 17.5 Å². The number of benzene rings is 1. The molecule has 21 heavy (non-hydrogen) atoms. The lowest BCUT2D eigenvalue weighted by molar-refractivity contribution is -0.123. The first kappa shape index (κ1) is 12.6. The third-order valence-corrected chi connectivity index (χ3v) is 4.88. The van der Waals surface area contributed by atoms with Gasteiger partial charge in [0.1, 0.15) is 5.75 Å². The van der Waals surface area contributed by atoms with E-state index in [2.05, 4.69) is 12.2 Å². The van der Waals surface area contributed by atoms with E-state index in [0.29, 0.717) is 18.0 Å². The van der Waals surface area contributed by atoms with Crippen molar-refractivity contribution in [2.45, 2.75) is 13.3 Å². The van der Waals surface area contributed by atoms with E-state index in [-0.39, 0.29) is 35.5 Å². The summed E-state index contributed by atoms with van der Waals surface area (Å²) in [6.07, 6.45) is 5.16. The second kappa shape index (κ2) is 4.45. The molecule has 4 rings (SSSR count). The summed E-state index contributed by atoms with van der Waals surface area (Å²) >= 11 is 0. The number of rotatable bonds is 3. The number of carbonyl (C=O) groups excluding carboxylic acids is 2. The minimum absolute atomic E-state index is 0.0611. The van der Waals surface area contributed by atoms with Gasteiger partial charge in [0.05, 0.1) is 24.1 Å². The molecule has 0 unspecified atom stereocenters. The van der Waals surface area contributed by atoms with E-state index < -0.39 is 0 Å². The topological polar surface area (TPSA) is 46.6 Å². The lowest BCUT2D eigenvalue weighted by Crippen LogP contribution is -2.33. The van der Waals surface area contributed by atoms with E-state index in [0.717, 1.165) is 6.42 Å². The summed E-state index contributed by atoms with van der Waals surface area (Å²) < 4.78 is 5.58. The van der Waals surface area contributed by atoms with Gasteiger partial charge in [0.2, 0.25) is 11.8 Å². The summed E-state index contributed by atoms with van der Waals surface area (Å²) in [6.45, 7) is 2.40. The highest BCUT2D eigenvalue weighted by molar-refractivity contribution is 6.23. The molecule has 1 saturated carbocycles. The van der Waals surface area contributed by atoms with Crippen LogP contribution in [0.3, 0.4) is 0 Å². The number of allylic oxidation sites excluding steroid dienone is 2. The van der Waals surface area contributed by atoms with Crippen LogP contribution in [0.5, 0.6) is 5.75 Å². The predicted molar refractivity (Wildman–Crippen MR) is 77.8 cm³/mol. The molecule has 4 heteroatoms. The molecule has 1 aromatic carbocycles. The summed E-state index contributed by atoms with van der Waals surface area (Å²) in [6, 6.07) is 7.28. The number of hydrogen-bond acceptors (Lipinski definition) is 3. The minimum Gasteiger partial charge on any atom is -0.492 e. The number of carbonyl (C=O) groups is 2. The number of anilines is 1. The molecule has 1 aromatic rings. The van der Waals surface area contributed by atoms with Crippen molar-refractivity contribution in [3.8, 4) is 5.75 Å². The van der Waals surface area contributed by atoms with Gasteiger partial charge in [-0.1, -0.05) is 24.3 Å². The SMILES string of the molecule is CCOc1ccccc1N1C(=O)[C@@H]2[C@@H](C1=O)[C@H]1C=C[C@H]2C1. The molecule has 2 fully saturated rings.